The number of esters is 1. The fourth-order valence-electron chi connectivity index (χ4n) is 5.67. The van der Waals surface area contributed by atoms with Gasteiger partial charge in [0.05, 0.1) is 42.3 Å². The molecule has 0 saturated carbocycles. The second-order valence-electron chi connectivity index (χ2n) is 11.0. The molecule has 0 radical (unpaired) electrons. The summed E-state index contributed by atoms with van der Waals surface area (Å²) >= 11 is 0. The number of amides is 2. The van der Waals surface area contributed by atoms with Crippen LogP contribution in [0.5, 0.6) is 0 Å². The van der Waals surface area contributed by atoms with Crippen LogP contribution in [-0.2, 0) is 33.6 Å². The van der Waals surface area contributed by atoms with Crippen LogP contribution in [0, 0.1) is 11.3 Å². The van der Waals surface area contributed by atoms with E-state index >= 15 is 0 Å². The van der Waals surface area contributed by atoms with E-state index in [0.717, 1.165) is 30.7 Å². The molecule has 3 aliphatic heterocycles. The van der Waals surface area contributed by atoms with Crippen LogP contribution in [0.4, 0.5) is 0 Å². The van der Waals surface area contributed by atoms with Gasteiger partial charge in [-0.2, -0.15) is 5.10 Å². The highest BCUT2D eigenvalue weighted by atomic mass is 16.5. The van der Waals surface area contributed by atoms with Crippen molar-refractivity contribution in [2.75, 3.05) is 52.7 Å². The van der Waals surface area contributed by atoms with Gasteiger partial charge in [0, 0.05) is 50.9 Å². The normalized spacial score (nSPS) is 19.6. The third kappa shape index (κ3) is 6.01. The number of fused-ring (bicyclic) bond motifs is 1. The number of hydrogen-bond acceptors (Lipinski definition) is 7. The molecule has 0 bridgehead atoms. The summed E-state index contributed by atoms with van der Waals surface area (Å²) in [5.41, 5.74) is 3.41. The Morgan fingerprint density at radius 2 is 1.74 bits per heavy atom. The number of nitrogens with zero attached hydrogens (tertiary/aromatic N) is 3. The molecule has 0 unspecified atom stereocenters. The first-order valence-electron chi connectivity index (χ1n) is 14.0. The molecule has 1 spiro atoms. The first-order chi connectivity index (χ1) is 18.9. The van der Waals surface area contributed by atoms with Gasteiger partial charge in [-0.15, -0.1) is 0 Å². The second-order valence-corrected chi connectivity index (χ2v) is 11.0. The Kier molecular flexibility index (Phi) is 8.32. The zero-order valence-corrected chi connectivity index (χ0v) is 22.9. The predicted octanol–water partition coefficient (Wildman–Crippen LogP) is 2.49. The largest absolute Gasteiger partial charge is 0.462 e. The van der Waals surface area contributed by atoms with Crippen LogP contribution in [0.1, 0.15) is 69.2 Å². The van der Waals surface area contributed by atoms with E-state index in [0.29, 0.717) is 75.7 Å². The second kappa shape index (κ2) is 11.9. The van der Waals surface area contributed by atoms with Crippen molar-refractivity contribution in [2.24, 2.45) is 11.3 Å². The van der Waals surface area contributed by atoms with Gasteiger partial charge in [-0.3, -0.25) is 14.3 Å². The van der Waals surface area contributed by atoms with Gasteiger partial charge in [0.15, 0.2) is 0 Å². The summed E-state index contributed by atoms with van der Waals surface area (Å²) in [6, 6.07) is 6.60. The minimum Gasteiger partial charge on any atom is -0.462 e. The van der Waals surface area contributed by atoms with Gasteiger partial charge in [0.2, 0.25) is 0 Å². The molecular formula is C29H38N4O6. The van der Waals surface area contributed by atoms with Crippen LogP contribution in [0.2, 0.25) is 0 Å². The van der Waals surface area contributed by atoms with Crippen molar-refractivity contribution in [1.29, 1.82) is 0 Å². The van der Waals surface area contributed by atoms with Gasteiger partial charge < -0.3 is 24.4 Å². The SMILES string of the molecule is CCc1nn(C[C@@H](C)COC(=O)c2ccc(C(=O)N3CCOCC3)cc2)c2c1C(=O)NCC1(CCOCC1)C2. The van der Waals surface area contributed by atoms with Gasteiger partial charge in [0.1, 0.15) is 0 Å². The van der Waals surface area contributed by atoms with Crippen molar-refractivity contribution in [2.45, 2.75) is 46.1 Å². The molecule has 1 aromatic carbocycles. The lowest BCUT2D eigenvalue weighted by Gasteiger charge is -2.36. The third-order valence-electron chi connectivity index (χ3n) is 8.06. The number of morpholine rings is 1. The minimum absolute atomic E-state index is 0.0122. The van der Waals surface area contributed by atoms with E-state index in [4.69, 9.17) is 19.3 Å². The molecule has 210 valence electrons. The van der Waals surface area contributed by atoms with Crippen LogP contribution < -0.4 is 5.32 Å². The summed E-state index contributed by atoms with van der Waals surface area (Å²) in [4.78, 5) is 40.2. The number of carbonyl (C=O) groups excluding carboxylic acids is 3. The minimum atomic E-state index is -0.429. The number of rotatable bonds is 7. The smallest absolute Gasteiger partial charge is 0.338 e. The molecule has 2 aromatic rings. The first kappa shape index (κ1) is 27.3. The average molecular weight is 539 g/mol. The van der Waals surface area contributed by atoms with E-state index in [1.165, 1.54) is 0 Å². The molecule has 2 fully saturated rings. The standard InChI is InChI=1S/C29H38N4O6/c1-3-23-25-24(16-29(19-30-26(25)34)8-12-37-13-9-29)33(31-23)17-20(2)18-39-28(36)22-6-4-21(5-7-22)27(35)32-10-14-38-15-11-32/h4-7,20H,3,8-19H2,1-2H3,(H,30,34)/t20-/m1/s1. The highest BCUT2D eigenvalue weighted by Gasteiger charge is 2.39. The molecule has 2 saturated heterocycles. The highest BCUT2D eigenvalue weighted by molar-refractivity contribution is 5.97. The number of benzene rings is 1. The Bertz CT molecular complexity index is 1200. The Hall–Kier alpha value is -3.24. The summed E-state index contributed by atoms with van der Waals surface area (Å²) in [6.45, 7) is 9.06. The molecule has 2 amide bonds. The zero-order valence-electron chi connectivity index (χ0n) is 22.9. The molecule has 0 aliphatic carbocycles. The Balaban J connectivity index is 1.22. The monoisotopic (exact) mass is 538 g/mol. The van der Waals surface area contributed by atoms with Crippen LogP contribution in [0.3, 0.4) is 0 Å². The number of carbonyl (C=O) groups is 3. The van der Waals surface area contributed by atoms with Crippen molar-refractivity contribution >= 4 is 17.8 Å². The van der Waals surface area contributed by atoms with Gasteiger partial charge in [0.25, 0.3) is 11.8 Å². The number of aromatic nitrogens is 2. The van der Waals surface area contributed by atoms with Crippen LogP contribution in [0.15, 0.2) is 24.3 Å². The maximum Gasteiger partial charge on any atom is 0.338 e. The zero-order chi connectivity index (χ0) is 27.4. The quantitative estimate of drug-likeness (QED) is 0.539. The van der Waals surface area contributed by atoms with Crippen LogP contribution >= 0.6 is 0 Å². The van der Waals surface area contributed by atoms with Crippen molar-refractivity contribution in [3.8, 4) is 0 Å². The number of nitrogens with one attached hydrogen (secondary N) is 1. The maximum absolute atomic E-state index is 13.0. The molecule has 3 aliphatic rings. The summed E-state index contributed by atoms with van der Waals surface area (Å²) < 4.78 is 18.5. The summed E-state index contributed by atoms with van der Waals surface area (Å²) in [5.74, 6) is -0.554. The summed E-state index contributed by atoms with van der Waals surface area (Å²) in [5, 5.41) is 7.95. The molecule has 39 heavy (non-hydrogen) atoms. The summed E-state index contributed by atoms with van der Waals surface area (Å²) in [6.07, 6.45) is 3.26. The molecule has 10 heteroatoms. The molecule has 1 atom stereocenters. The number of ether oxygens (including phenoxy) is 3. The lowest BCUT2D eigenvalue weighted by Crippen LogP contribution is -2.41. The summed E-state index contributed by atoms with van der Waals surface area (Å²) in [7, 11) is 0. The van der Waals surface area contributed by atoms with E-state index in [2.05, 4.69) is 5.32 Å². The lowest BCUT2D eigenvalue weighted by atomic mass is 9.76. The molecular weight excluding hydrogens is 500 g/mol. The molecule has 1 aromatic heterocycles. The topological polar surface area (TPSA) is 112 Å². The van der Waals surface area contributed by atoms with E-state index in [9.17, 15) is 14.4 Å². The van der Waals surface area contributed by atoms with Gasteiger partial charge >= 0.3 is 5.97 Å². The molecule has 5 rings (SSSR count). The molecule has 4 heterocycles. The van der Waals surface area contributed by atoms with Gasteiger partial charge in [-0.05, 0) is 55.4 Å². The molecule has 10 nitrogen and oxygen atoms in total. The van der Waals surface area contributed by atoms with Crippen LogP contribution in [0.25, 0.3) is 0 Å². The Labute approximate surface area is 229 Å². The van der Waals surface area contributed by atoms with E-state index in [1.54, 1.807) is 29.2 Å². The fourth-order valence-corrected chi connectivity index (χ4v) is 5.67. The van der Waals surface area contributed by atoms with Crippen molar-refractivity contribution < 1.29 is 28.6 Å². The van der Waals surface area contributed by atoms with Crippen LogP contribution in [-0.4, -0.2) is 85.1 Å². The van der Waals surface area contributed by atoms with Crippen molar-refractivity contribution in [3.05, 3.63) is 52.3 Å². The number of aryl methyl sites for hydroxylation is 1. The van der Waals surface area contributed by atoms with Gasteiger partial charge in [-0.25, -0.2) is 4.79 Å². The van der Waals surface area contributed by atoms with E-state index in [1.807, 2.05) is 18.5 Å². The van der Waals surface area contributed by atoms with E-state index in [-0.39, 0.29) is 29.8 Å². The molecule has 1 N–H and O–H groups in total. The Morgan fingerprint density at radius 1 is 1.08 bits per heavy atom. The predicted molar refractivity (Wildman–Crippen MR) is 143 cm³/mol. The van der Waals surface area contributed by atoms with Crippen molar-refractivity contribution in [1.82, 2.24) is 20.0 Å². The van der Waals surface area contributed by atoms with Gasteiger partial charge in [-0.1, -0.05) is 13.8 Å². The first-order valence-corrected chi connectivity index (χ1v) is 14.0. The number of hydrogen-bond donors (Lipinski definition) is 1. The Morgan fingerprint density at radius 3 is 2.44 bits per heavy atom. The third-order valence-corrected chi connectivity index (χ3v) is 8.06. The maximum atomic E-state index is 13.0. The van der Waals surface area contributed by atoms with Crippen molar-refractivity contribution in [3.63, 3.8) is 0 Å². The highest BCUT2D eigenvalue weighted by Crippen LogP contribution is 2.37. The van der Waals surface area contributed by atoms with E-state index < -0.39 is 5.97 Å². The average Bonchev–Trinajstić information content (AvgIpc) is 3.24. The lowest BCUT2D eigenvalue weighted by molar-refractivity contribution is 0.0151. The fraction of sp³-hybridized carbons (Fsp3) is 0.586.